The lowest BCUT2D eigenvalue weighted by Gasteiger charge is -2.26. The summed E-state index contributed by atoms with van der Waals surface area (Å²) in [6.07, 6.45) is 4.04. The highest BCUT2D eigenvalue weighted by atomic mass is 16.5. The number of para-hydroxylation sites is 1. The number of carbonyl (C=O) groups is 1. The number of aromatic hydroxyl groups is 1. The fourth-order valence-electron chi connectivity index (χ4n) is 2.43. The number of nitrogens with two attached hydrogens (primary N) is 1. The van der Waals surface area contributed by atoms with Gasteiger partial charge in [-0.05, 0) is 37.3 Å². The molecule has 2 atom stereocenters. The molecule has 2 unspecified atom stereocenters. The second-order valence-corrected chi connectivity index (χ2v) is 5.04. The van der Waals surface area contributed by atoms with E-state index in [1.54, 1.807) is 12.1 Å². The Labute approximate surface area is 107 Å². The highest BCUT2D eigenvalue weighted by molar-refractivity contribution is 5.94. The van der Waals surface area contributed by atoms with E-state index in [9.17, 15) is 9.90 Å². The lowest BCUT2D eigenvalue weighted by Crippen LogP contribution is -2.24. The number of esters is 1. The summed E-state index contributed by atoms with van der Waals surface area (Å²) in [4.78, 5) is 12.0. The Kier molecular flexibility index (Phi) is 3.75. The van der Waals surface area contributed by atoms with Crippen molar-refractivity contribution in [2.45, 2.75) is 38.7 Å². The first kappa shape index (κ1) is 12.7. The number of benzene rings is 1. The van der Waals surface area contributed by atoms with E-state index >= 15 is 0 Å². The maximum Gasteiger partial charge on any atom is 0.342 e. The van der Waals surface area contributed by atoms with Gasteiger partial charge in [-0.3, -0.25) is 0 Å². The van der Waals surface area contributed by atoms with Crippen LogP contribution in [0.3, 0.4) is 0 Å². The van der Waals surface area contributed by atoms with Crippen molar-refractivity contribution < 1.29 is 14.6 Å². The Bertz CT molecular complexity index is 445. The minimum absolute atomic E-state index is 0.0397. The molecule has 2 rings (SSSR count). The number of phenols is 1. The van der Waals surface area contributed by atoms with E-state index in [-0.39, 0.29) is 23.1 Å². The van der Waals surface area contributed by atoms with Gasteiger partial charge in [0.05, 0.1) is 5.69 Å². The second-order valence-electron chi connectivity index (χ2n) is 5.04. The summed E-state index contributed by atoms with van der Waals surface area (Å²) < 4.78 is 5.43. The van der Waals surface area contributed by atoms with E-state index in [1.807, 2.05) is 0 Å². The fraction of sp³-hybridized carbons (Fsp3) is 0.500. The molecule has 3 N–H and O–H groups in total. The van der Waals surface area contributed by atoms with Gasteiger partial charge >= 0.3 is 5.97 Å². The molecule has 0 heterocycles. The van der Waals surface area contributed by atoms with E-state index in [2.05, 4.69) is 6.92 Å². The third-order valence-corrected chi connectivity index (χ3v) is 3.45. The van der Waals surface area contributed by atoms with Gasteiger partial charge in [-0.1, -0.05) is 19.4 Å². The number of phenolic OH excluding ortho intramolecular Hbond substituents is 1. The zero-order valence-corrected chi connectivity index (χ0v) is 10.6. The summed E-state index contributed by atoms with van der Waals surface area (Å²) in [5, 5.41) is 9.72. The van der Waals surface area contributed by atoms with Gasteiger partial charge in [0, 0.05) is 0 Å². The Morgan fingerprint density at radius 1 is 1.44 bits per heavy atom. The van der Waals surface area contributed by atoms with E-state index in [0.29, 0.717) is 5.92 Å². The van der Waals surface area contributed by atoms with Gasteiger partial charge < -0.3 is 15.6 Å². The number of hydrogen-bond acceptors (Lipinski definition) is 4. The van der Waals surface area contributed by atoms with Crippen molar-refractivity contribution in [1.82, 2.24) is 0 Å². The van der Waals surface area contributed by atoms with E-state index in [0.717, 1.165) is 19.3 Å². The zero-order chi connectivity index (χ0) is 13.1. The topological polar surface area (TPSA) is 72.5 Å². The van der Waals surface area contributed by atoms with Crippen molar-refractivity contribution in [2.24, 2.45) is 5.92 Å². The van der Waals surface area contributed by atoms with Gasteiger partial charge in [-0.2, -0.15) is 0 Å². The SMILES string of the molecule is CC1CCCC(OC(=O)c2cccc(N)c2O)C1. The molecule has 1 saturated carbocycles. The summed E-state index contributed by atoms with van der Waals surface area (Å²) in [7, 11) is 0. The molecule has 1 aliphatic rings. The van der Waals surface area contributed by atoms with Crippen molar-refractivity contribution in [1.29, 1.82) is 0 Å². The molecule has 0 aromatic heterocycles. The van der Waals surface area contributed by atoms with Crippen LogP contribution in [0.15, 0.2) is 18.2 Å². The van der Waals surface area contributed by atoms with Crippen molar-refractivity contribution in [2.75, 3.05) is 5.73 Å². The molecule has 18 heavy (non-hydrogen) atoms. The molecule has 98 valence electrons. The predicted octanol–water partition coefficient (Wildman–Crippen LogP) is 2.71. The van der Waals surface area contributed by atoms with Crippen molar-refractivity contribution >= 4 is 11.7 Å². The van der Waals surface area contributed by atoms with Crippen molar-refractivity contribution in [3.8, 4) is 5.75 Å². The summed E-state index contributed by atoms with van der Waals surface area (Å²) in [5.41, 5.74) is 5.90. The molecule has 1 aromatic carbocycles. The van der Waals surface area contributed by atoms with E-state index < -0.39 is 5.97 Å². The molecule has 4 nitrogen and oxygen atoms in total. The highest BCUT2D eigenvalue weighted by Crippen LogP contribution is 2.29. The largest absolute Gasteiger partial charge is 0.505 e. The van der Waals surface area contributed by atoms with Crippen molar-refractivity contribution in [3.05, 3.63) is 23.8 Å². The number of ether oxygens (including phenoxy) is 1. The average Bonchev–Trinajstić information content (AvgIpc) is 2.32. The van der Waals surface area contributed by atoms with Crippen LogP contribution in [0, 0.1) is 5.92 Å². The molecular formula is C14H19NO3. The van der Waals surface area contributed by atoms with Crippen LogP contribution in [-0.2, 0) is 4.74 Å². The highest BCUT2D eigenvalue weighted by Gasteiger charge is 2.24. The Hall–Kier alpha value is -1.71. The lowest BCUT2D eigenvalue weighted by molar-refractivity contribution is 0.0152. The molecule has 1 aromatic rings. The number of nitrogen functional groups attached to an aromatic ring is 1. The van der Waals surface area contributed by atoms with E-state index in [4.69, 9.17) is 10.5 Å². The van der Waals surface area contributed by atoms with Crippen LogP contribution in [0.2, 0.25) is 0 Å². The van der Waals surface area contributed by atoms with E-state index in [1.165, 1.54) is 12.5 Å². The van der Waals surface area contributed by atoms with Crippen LogP contribution in [-0.4, -0.2) is 17.2 Å². The monoisotopic (exact) mass is 249 g/mol. The standard InChI is InChI=1S/C14H19NO3/c1-9-4-2-5-10(8-9)18-14(17)11-6-3-7-12(15)13(11)16/h3,6-7,9-10,16H,2,4-5,8,15H2,1H3. The molecular weight excluding hydrogens is 230 g/mol. The fourth-order valence-corrected chi connectivity index (χ4v) is 2.43. The van der Waals surface area contributed by atoms with Gasteiger partial charge in [0.1, 0.15) is 11.7 Å². The number of rotatable bonds is 2. The van der Waals surface area contributed by atoms with Crippen LogP contribution in [0.5, 0.6) is 5.75 Å². The third kappa shape index (κ3) is 2.75. The summed E-state index contributed by atoms with van der Waals surface area (Å²) >= 11 is 0. The third-order valence-electron chi connectivity index (χ3n) is 3.45. The van der Waals surface area contributed by atoms with Crippen LogP contribution in [0.4, 0.5) is 5.69 Å². The quantitative estimate of drug-likeness (QED) is 0.480. The maximum absolute atomic E-state index is 12.0. The van der Waals surface area contributed by atoms with Crippen LogP contribution in [0.25, 0.3) is 0 Å². The minimum atomic E-state index is -0.487. The molecule has 0 saturated heterocycles. The van der Waals surface area contributed by atoms with Gasteiger partial charge in [-0.15, -0.1) is 0 Å². The summed E-state index contributed by atoms with van der Waals surface area (Å²) in [6.45, 7) is 2.16. The molecule has 0 amide bonds. The second kappa shape index (κ2) is 5.29. The minimum Gasteiger partial charge on any atom is -0.505 e. The maximum atomic E-state index is 12.0. The first-order chi connectivity index (χ1) is 8.58. The van der Waals surface area contributed by atoms with Crippen LogP contribution in [0.1, 0.15) is 43.0 Å². The van der Waals surface area contributed by atoms with Gasteiger partial charge in [0.15, 0.2) is 5.75 Å². The number of anilines is 1. The normalized spacial score (nSPS) is 23.6. The molecule has 0 aliphatic heterocycles. The first-order valence-electron chi connectivity index (χ1n) is 6.36. The molecule has 0 radical (unpaired) electrons. The Morgan fingerprint density at radius 2 is 2.22 bits per heavy atom. The van der Waals surface area contributed by atoms with Crippen LogP contribution < -0.4 is 5.73 Å². The van der Waals surface area contributed by atoms with Crippen LogP contribution >= 0.6 is 0 Å². The Balaban J connectivity index is 2.05. The van der Waals surface area contributed by atoms with Gasteiger partial charge in [-0.25, -0.2) is 4.79 Å². The van der Waals surface area contributed by atoms with Crippen molar-refractivity contribution in [3.63, 3.8) is 0 Å². The zero-order valence-electron chi connectivity index (χ0n) is 10.6. The number of carbonyl (C=O) groups excluding carboxylic acids is 1. The predicted molar refractivity (Wildman–Crippen MR) is 69.4 cm³/mol. The molecule has 1 fully saturated rings. The van der Waals surface area contributed by atoms with Gasteiger partial charge in [0.2, 0.25) is 0 Å². The van der Waals surface area contributed by atoms with Gasteiger partial charge in [0.25, 0.3) is 0 Å². The smallest absolute Gasteiger partial charge is 0.342 e. The molecule has 1 aliphatic carbocycles. The molecule has 0 spiro atoms. The number of hydrogen-bond donors (Lipinski definition) is 2. The summed E-state index contributed by atoms with van der Waals surface area (Å²) in [6, 6.07) is 4.71. The molecule has 4 heteroatoms. The summed E-state index contributed by atoms with van der Waals surface area (Å²) in [5.74, 6) is -0.0868. The average molecular weight is 249 g/mol. The molecule has 0 bridgehead atoms. The first-order valence-corrected chi connectivity index (χ1v) is 6.36. The lowest BCUT2D eigenvalue weighted by atomic mass is 9.89. The Morgan fingerprint density at radius 3 is 2.94 bits per heavy atom.